The maximum atomic E-state index is 11.8. The van der Waals surface area contributed by atoms with E-state index in [-0.39, 0.29) is 44.4 Å². The molecular formula is C17H30N2O10. The Morgan fingerprint density at radius 1 is 1.14 bits per heavy atom. The van der Waals surface area contributed by atoms with Gasteiger partial charge in [-0.15, -0.1) is 10.1 Å². The van der Waals surface area contributed by atoms with Crippen molar-refractivity contribution in [2.24, 2.45) is 11.8 Å². The van der Waals surface area contributed by atoms with Crippen molar-refractivity contribution >= 4 is 18.0 Å². The predicted octanol–water partition coefficient (Wildman–Crippen LogP) is 1.74. The Morgan fingerprint density at radius 2 is 1.79 bits per heavy atom. The Labute approximate surface area is 168 Å². The third kappa shape index (κ3) is 16.1. The smallest absolute Gasteiger partial charge is 0.410 e. The Bertz CT molecular complexity index is 540. The summed E-state index contributed by atoms with van der Waals surface area (Å²) in [4.78, 5) is 48.6. The zero-order valence-corrected chi connectivity index (χ0v) is 17.1. The number of alkyl carbamates (subject to hydrolysis) is 1. The molecule has 0 fully saturated rings. The van der Waals surface area contributed by atoms with Gasteiger partial charge in [0.05, 0.1) is 19.6 Å². The second-order valence-corrected chi connectivity index (χ2v) is 6.90. The van der Waals surface area contributed by atoms with Crippen molar-refractivity contribution in [1.82, 2.24) is 5.32 Å². The van der Waals surface area contributed by atoms with Gasteiger partial charge in [-0.1, -0.05) is 13.8 Å². The molecule has 1 unspecified atom stereocenters. The zero-order chi connectivity index (χ0) is 22.4. The molecular weight excluding hydrogens is 392 g/mol. The van der Waals surface area contributed by atoms with Crippen molar-refractivity contribution < 1.29 is 43.6 Å². The third-order valence-corrected chi connectivity index (χ3v) is 3.44. The van der Waals surface area contributed by atoms with Crippen LogP contribution in [-0.2, 0) is 28.6 Å². The standard InChI is InChI=1S/C17H30N2O10/c1-11(2)7-14(8-15(20)21)9-18-17(23)28-13(4)27-16(22)5-6-26-10-12(3)29-19(24)25/h11-14H,5-10H2,1-4H3,(H,18,23)(H,20,21)/t12-,13?,14+/m1/s1. The van der Waals surface area contributed by atoms with E-state index in [2.05, 4.69) is 10.2 Å². The molecule has 1 amide bonds. The largest absolute Gasteiger partial charge is 0.481 e. The van der Waals surface area contributed by atoms with Crippen molar-refractivity contribution in [3.8, 4) is 0 Å². The topological polar surface area (TPSA) is 164 Å². The number of aliphatic carboxylic acids is 1. The van der Waals surface area contributed by atoms with Gasteiger partial charge in [0.2, 0.25) is 6.29 Å². The molecule has 0 aromatic heterocycles. The fraction of sp³-hybridized carbons (Fsp3) is 0.824. The lowest BCUT2D eigenvalue weighted by Gasteiger charge is -2.19. The number of carbonyl (C=O) groups excluding carboxylic acids is 2. The molecule has 0 heterocycles. The molecule has 0 aliphatic heterocycles. The molecule has 0 aromatic carbocycles. The fourth-order valence-electron chi connectivity index (χ4n) is 2.42. The molecule has 0 rings (SSSR count). The monoisotopic (exact) mass is 422 g/mol. The number of amides is 1. The minimum absolute atomic E-state index is 0.0464. The molecule has 29 heavy (non-hydrogen) atoms. The van der Waals surface area contributed by atoms with E-state index in [0.29, 0.717) is 6.42 Å². The maximum absolute atomic E-state index is 11.8. The highest BCUT2D eigenvalue weighted by molar-refractivity contribution is 5.70. The molecule has 0 spiro atoms. The summed E-state index contributed by atoms with van der Waals surface area (Å²) in [5.74, 6) is -1.60. The van der Waals surface area contributed by atoms with E-state index in [9.17, 15) is 24.5 Å². The number of hydrogen-bond acceptors (Lipinski definition) is 9. The van der Waals surface area contributed by atoms with Crippen LogP contribution in [0.25, 0.3) is 0 Å². The summed E-state index contributed by atoms with van der Waals surface area (Å²) < 4.78 is 14.8. The van der Waals surface area contributed by atoms with E-state index < -0.39 is 35.5 Å². The van der Waals surface area contributed by atoms with E-state index in [4.69, 9.17) is 19.3 Å². The first kappa shape index (κ1) is 26.4. The Balaban J connectivity index is 4.07. The lowest BCUT2D eigenvalue weighted by molar-refractivity contribution is -0.768. The van der Waals surface area contributed by atoms with Gasteiger partial charge < -0.3 is 29.5 Å². The van der Waals surface area contributed by atoms with Crippen molar-refractivity contribution in [2.45, 2.75) is 59.4 Å². The van der Waals surface area contributed by atoms with Gasteiger partial charge in [0.15, 0.2) is 0 Å². The Morgan fingerprint density at radius 3 is 2.34 bits per heavy atom. The van der Waals surface area contributed by atoms with Crippen LogP contribution in [0.4, 0.5) is 4.79 Å². The number of rotatable bonds is 15. The average molecular weight is 422 g/mol. The number of carboxylic acids is 1. The molecule has 2 N–H and O–H groups in total. The lowest BCUT2D eigenvalue weighted by atomic mass is 9.94. The van der Waals surface area contributed by atoms with Crippen LogP contribution in [0.3, 0.4) is 0 Å². The number of nitrogens with one attached hydrogen (secondary N) is 1. The first-order valence-corrected chi connectivity index (χ1v) is 9.24. The fourth-order valence-corrected chi connectivity index (χ4v) is 2.42. The highest BCUT2D eigenvalue weighted by Crippen LogP contribution is 2.14. The van der Waals surface area contributed by atoms with E-state index in [0.717, 1.165) is 0 Å². The summed E-state index contributed by atoms with van der Waals surface area (Å²) in [6.45, 7) is 6.71. The van der Waals surface area contributed by atoms with E-state index in [1.807, 2.05) is 13.8 Å². The number of esters is 1. The molecule has 0 radical (unpaired) electrons. The van der Waals surface area contributed by atoms with Crippen LogP contribution < -0.4 is 5.32 Å². The molecule has 0 bridgehead atoms. The first-order valence-electron chi connectivity index (χ1n) is 9.24. The van der Waals surface area contributed by atoms with E-state index in [1.165, 1.54) is 13.8 Å². The molecule has 168 valence electrons. The summed E-state index contributed by atoms with van der Waals surface area (Å²) in [7, 11) is 0. The predicted molar refractivity (Wildman–Crippen MR) is 98.2 cm³/mol. The maximum Gasteiger partial charge on any atom is 0.410 e. The molecule has 0 aliphatic rings. The summed E-state index contributed by atoms with van der Waals surface area (Å²) in [6, 6.07) is 0. The number of carbonyl (C=O) groups is 3. The van der Waals surface area contributed by atoms with Gasteiger partial charge in [-0.3, -0.25) is 9.59 Å². The van der Waals surface area contributed by atoms with Crippen LogP contribution in [0.2, 0.25) is 0 Å². The van der Waals surface area contributed by atoms with Gasteiger partial charge >= 0.3 is 18.0 Å². The van der Waals surface area contributed by atoms with Crippen LogP contribution in [0.1, 0.15) is 47.0 Å². The molecule has 0 saturated carbocycles. The molecule has 12 nitrogen and oxygen atoms in total. The molecule has 12 heteroatoms. The second-order valence-electron chi connectivity index (χ2n) is 6.90. The van der Waals surface area contributed by atoms with Gasteiger partial charge in [0, 0.05) is 19.9 Å². The normalized spacial score (nSPS) is 13.8. The minimum atomic E-state index is -1.15. The van der Waals surface area contributed by atoms with Gasteiger partial charge in [0.1, 0.15) is 6.10 Å². The molecule has 3 atom stereocenters. The highest BCUT2D eigenvalue weighted by Gasteiger charge is 2.18. The molecule has 0 aromatic rings. The van der Waals surface area contributed by atoms with Gasteiger partial charge in [-0.05, 0) is 25.2 Å². The second kappa shape index (κ2) is 14.4. The molecule has 0 aliphatic carbocycles. The van der Waals surface area contributed by atoms with Crippen molar-refractivity contribution in [3.63, 3.8) is 0 Å². The van der Waals surface area contributed by atoms with Gasteiger partial charge in [0.25, 0.3) is 5.09 Å². The zero-order valence-electron chi connectivity index (χ0n) is 17.1. The van der Waals surface area contributed by atoms with Gasteiger partial charge in [-0.2, -0.15) is 0 Å². The Hall–Kier alpha value is -2.63. The third-order valence-electron chi connectivity index (χ3n) is 3.44. The van der Waals surface area contributed by atoms with Crippen molar-refractivity contribution in [1.29, 1.82) is 0 Å². The SMILES string of the molecule is CC(C)C[C@H](CNC(=O)OC(C)OC(=O)CCOC[C@@H](C)O[N+](=O)[O-])CC(=O)O. The number of ether oxygens (including phenoxy) is 3. The van der Waals surface area contributed by atoms with Crippen molar-refractivity contribution in [2.75, 3.05) is 19.8 Å². The van der Waals surface area contributed by atoms with Gasteiger partial charge in [-0.25, -0.2) is 4.79 Å². The number of hydrogen-bond donors (Lipinski definition) is 2. The van der Waals surface area contributed by atoms with Crippen LogP contribution in [0.5, 0.6) is 0 Å². The number of carboxylic acid groups (broad SMARTS) is 1. The van der Waals surface area contributed by atoms with E-state index >= 15 is 0 Å². The minimum Gasteiger partial charge on any atom is -0.481 e. The summed E-state index contributed by atoms with van der Waals surface area (Å²) in [5, 5.41) is 20.6. The molecule has 0 saturated heterocycles. The average Bonchev–Trinajstić information content (AvgIpc) is 2.54. The lowest BCUT2D eigenvalue weighted by Crippen LogP contribution is -2.34. The van der Waals surface area contributed by atoms with Crippen LogP contribution in [0, 0.1) is 22.0 Å². The Kier molecular flexibility index (Phi) is 13.1. The summed E-state index contributed by atoms with van der Waals surface area (Å²) >= 11 is 0. The highest BCUT2D eigenvalue weighted by atomic mass is 17.0. The van der Waals surface area contributed by atoms with E-state index in [1.54, 1.807) is 0 Å². The quantitative estimate of drug-likeness (QED) is 0.131. The van der Waals surface area contributed by atoms with Crippen LogP contribution in [0.15, 0.2) is 0 Å². The first-order chi connectivity index (χ1) is 13.5. The number of nitrogens with zero attached hydrogens (tertiary/aromatic N) is 1. The summed E-state index contributed by atoms with van der Waals surface area (Å²) in [5.41, 5.74) is 0. The van der Waals surface area contributed by atoms with Crippen LogP contribution >= 0.6 is 0 Å². The summed E-state index contributed by atoms with van der Waals surface area (Å²) in [6.07, 6.45) is -2.34. The van der Waals surface area contributed by atoms with Crippen molar-refractivity contribution in [3.05, 3.63) is 10.1 Å². The van der Waals surface area contributed by atoms with Crippen LogP contribution in [-0.4, -0.2) is 60.4 Å².